The zero-order chi connectivity index (χ0) is 13.7. The van der Waals surface area contributed by atoms with Crippen molar-refractivity contribution in [3.8, 4) is 0 Å². The van der Waals surface area contributed by atoms with Crippen LogP contribution >= 0.6 is 0 Å². The summed E-state index contributed by atoms with van der Waals surface area (Å²) in [5.74, 6) is 1.40. The molecule has 0 spiro atoms. The summed E-state index contributed by atoms with van der Waals surface area (Å²) in [6, 6.07) is 0. The first kappa shape index (κ1) is 14.0. The fourth-order valence-electron chi connectivity index (χ4n) is 2.50. The standard InChI is InChI=1S/C13H23N5O/c1-3-5-11-15-12(17-16-11)13(19)14-8-10-6-4-7-18(2)9-10/h10H,3-9H2,1-2H3,(H,14,19)(H,15,16,17). The highest BCUT2D eigenvalue weighted by Gasteiger charge is 2.19. The molecule has 2 heterocycles. The van der Waals surface area contributed by atoms with Crippen LogP contribution in [0.5, 0.6) is 0 Å². The number of hydrogen-bond donors (Lipinski definition) is 2. The van der Waals surface area contributed by atoms with Crippen LogP contribution in [-0.4, -0.2) is 52.7 Å². The molecule has 1 atom stereocenters. The lowest BCUT2D eigenvalue weighted by Crippen LogP contribution is -2.39. The molecule has 1 aromatic rings. The first-order valence-corrected chi connectivity index (χ1v) is 7.07. The van der Waals surface area contributed by atoms with E-state index in [4.69, 9.17) is 0 Å². The van der Waals surface area contributed by atoms with Crippen LogP contribution in [0.3, 0.4) is 0 Å². The molecule has 1 saturated heterocycles. The Bertz CT molecular complexity index is 417. The molecule has 2 rings (SSSR count). The molecule has 0 saturated carbocycles. The van der Waals surface area contributed by atoms with E-state index < -0.39 is 0 Å². The molecule has 1 unspecified atom stereocenters. The monoisotopic (exact) mass is 265 g/mol. The molecule has 1 aliphatic rings. The summed E-state index contributed by atoms with van der Waals surface area (Å²) >= 11 is 0. The molecule has 0 aromatic carbocycles. The minimum Gasteiger partial charge on any atom is -0.349 e. The number of hydrogen-bond acceptors (Lipinski definition) is 4. The Hall–Kier alpha value is -1.43. The molecule has 19 heavy (non-hydrogen) atoms. The Morgan fingerprint density at radius 3 is 3.16 bits per heavy atom. The number of nitrogens with zero attached hydrogens (tertiary/aromatic N) is 3. The summed E-state index contributed by atoms with van der Waals surface area (Å²) in [6.07, 6.45) is 4.20. The summed E-state index contributed by atoms with van der Waals surface area (Å²) < 4.78 is 0. The Kier molecular flexibility index (Phi) is 4.90. The number of carbonyl (C=O) groups excluding carboxylic acids is 1. The Morgan fingerprint density at radius 1 is 1.58 bits per heavy atom. The first-order valence-electron chi connectivity index (χ1n) is 7.07. The van der Waals surface area contributed by atoms with E-state index in [0.717, 1.165) is 31.8 Å². The highest BCUT2D eigenvalue weighted by atomic mass is 16.2. The molecule has 6 heteroatoms. The lowest BCUT2D eigenvalue weighted by molar-refractivity contribution is 0.0926. The number of nitrogens with one attached hydrogen (secondary N) is 2. The van der Waals surface area contributed by atoms with Gasteiger partial charge in [0.1, 0.15) is 5.82 Å². The molecule has 1 aromatic heterocycles. The lowest BCUT2D eigenvalue weighted by Gasteiger charge is -2.29. The van der Waals surface area contributed by atoms with Gasteiger partial charge in [-0.15, -0.1) is 5.10 Å². The van der Waals surface area contributed by atoms with Crippen LogP contribution in [0, 0.1) is 5.92 Å². The maximum atomic E-state index is 11.9. The van der Waals surface area contributed by atoms with Crippen LogP contribution < -0.4 is 5.32 Å². The van der Waals surface area contributed by atoms with Gasteiger partial charge in [-0.25, -0.2) is 4.98 Å². The maximum Gasteiger partial charge on any atom is 0.290 e. The van der Waals surface area contributed by atoms with E-state index in [2.05, 4.69) is 39.4 Å². The molecular formula is C13H23N5O. The second-order valence-corrected chi connectivity index (χ2v) is 5.34. The zero-order valence-corrected chi connectivity index (χ0v) is 11.8. The van der Waals surface area contributed by atoms with E-state index in [-0.39, 0.29) is 11.7 Å². The molecule has 2 N–H and O–H groups in total. The molecule has 6 nitrogen and oxygen atoms in total. The number of aromatic nitrogens is 3. The van der Waals surface area contributed by atoms with Crippen molar-refractivity contribution in [2.24, 2.45) is 5.92 Å². The fraction of sp³-hybridized carbons (Fsp3) is 0.769. The van der Waals surface area contributed by atoms with Gasteiger partial charge in [-0.2, -0.15) is 0 Å². The van der Waals surface area contributed by atoms with Crippen molar-refractivity contribution in [3.05, 3.63) is 11.6 Å². The molecular weight excluding hydrogens is 242 g/mol. The molecule has 1 aliphatic heterocycles. The van der Waals surface area contributed by atoms with Crippen molar-refractivity contribution in [2.75, 3.05) is 26.7 Å². The van der Waals surface area contributed by atoms with E-state index in [0.29, 0.717) is 12.5 Å². The second kappa shape index (κ2) is 6.65. The summed E-state index contributed by atoms with van der Waals surface area (Å²) in [6.45, 7) is 4.99. The molecule has 0 radical (unpaired) electrons. The molecule has 1 fully saturated rings. The number of piperidine rings is 1. The minimum absolute atomic E-state index is 0.174. The minimum atomic E-state index is -0.174. The normalized spacial score (nSPS) is 20.4. The Labute approximate surface area is 114 Å². The van der Waals surface area contributed by atoms with Crippen molar-refractivity contribution in [2.45, 2.75) is 32.6 Å². The van der Waals surface area contributed by atoms with Gasteiger partial charge in [0, 0.05) is 19.5 Å². The van der Waals surface area contributed by atoms with E-state index in [1.54, 1.807) is 0 Å². The largest absolute Gasteiger partial charge is 0.349 e. The van der Waals surface area contributed by atoms with Gasteiger partial charge < -0.3 is 10.2 Å². The van der Waals surface area contributed by atoms with Crippen molar-refractivity contribution in [1.29, 1.82) is 0 Å². The van der Waals surface area contributed by atoms with Gasteiger partial charge in [-0.05, 0) is 38.8 Å². The third-order valence-corrected chi connectivity index (χ3v) is 3.49. The summed E-state index contributed by atoms with van der Waals surface area (Å²) in [7, 11) is 2.13. The van der Waals surface area contributed by atoms with Crippen LogP contribution in [0.4, 0.5) is 0 Å². The average Bonchev–Trinajstić information content (AvgIpc) is 2.85. The molecule has 1 amide bonds. The van der Waals surface area contributed by atoms with Gasteiger partial charge in [0.05, 0.1) is 0 Å². The van der Waals surface area contributed by atoms with E-state index in [1.807, 2.05) is 0 Å². The predicted octanol–water partition coefficient (Wildman–Crippen LogP) is 0.829. The summed E-state index contributed by atoms with van der Waals surface area (Å²) in [5.41, 5.74) is 0. The fourth-order valence-corrected chi connectivity index (χ4v) is 2.50. The lowest BCUT2D eigenvalue weighted by atomic mass is 9.98. The summed E-state index contributed by atoms with van der Waals surface area (Å²) in [4.78, 5) is 18.4. The smallest absolute Gasteiger partial charge is 0.290 e. The topological polar surface area (TPSA) is 73.9 Å². The van der Waals surface area contributed by atoms with Gasteiger partial charge in [0.2, 0.25) is 5.82 Å². The number of amides is 1. The quantitative estimate of drug-likeness (QED) is 0.827. The van der Waals surface area contributed by atoms with Gasteiger partial charge in [-0.1, -0.05) is 6.92 Å². The Morgan fingerprint density at radius 2 is 2.42 bits per heavy atom. The predicted molar refractivity (Wildman–Crippen MR) is 72.9 cm³/mol. The maximum absolute atomic E-state index is 11.9. The van der Waals surface area contributed by atoms with Crippen LogP contribution in [0.25, 0.3) is 0 Å². The summed E-state index contributed by atoms with van der Waals surface area (Å²) in [5, 5.41) is 9.69. The van der Waals surface area contributed by atoms with Gasteiger partial charge in [-0.3, -0.25) is 9.89 Å². The van der Waals surface area contributed by atoms with Crippen LogP contribution in [-0.2, 0) is 6.42 Å². The van der Waals surface area contributed by atoms with Crippen molar-refractivity contribution >= 4 is 5.91 Å². The van der Waals surface area contributed by atoms with E-state index >= 15 is 0 Å². The van der Waals surface area contributed by atoms with E-state index in [9.17, 15) is 4.79 Å². The highest BCUT2D eigenvalue weighted by molar-refractivity contribution is 5.90. The van der Waals surface area contributed by atoms with Crippen molar-refractivity contribution in [3.63, 3.8) is 0 Å². The first-order chi connectivity index (χ1) is 9.19. The molecule has 0 aliphatic carbocycles. The van der Waals surface area contributed by atoms with Gasteiger partial charge in [0.25, 0.3) is 5.91 Å². The van der Waals surface area contributed by atoms with Crippen molar-refractivity contribution < 1.29 is 4.79 Å². The van der Waals surface area contributed by atoms with Crippen LogP contribution in [0.1, 0.15) is 42.6 Å². The second-order valence-electron chi connectivity index (χ2n) is 5.34. The number of likely N-dealkylation sites (tertiary alicyclic amines) is 1. The number of H-pyrrole nitrogens is 1. The van der Waals surface area contributed by atoms with Crippen molar-refractivity contribution in [1.82, 2.24) is 25.4 Å². The van der Waals surface area contributed by atoms with Crippen LogP contribution in [0.2, 0.25) is 0 Å². The third-order valence-electron chi connectivity index (χ3n) is 3.49. The Balaban J connectivity index is 1.79. The van der Waals surface area contributed by atoms with Gasteiger partial charge in [0.15, 0.2) is 0 Å². The third kappa shape index (κ3) is 4.02. The number of carbonyl (C=O) groups is 1. The average molecular weight is 265 g/mol. The SMILES string of the molecule is CCCc1nc(C(=O)NCC2CCCN(C)C2)n[nH]1. The molecule has 0 bridgehead atoms. The number of aromatic amines is 1. The van der Waals surface area contributed by atoms with Gasteiger partial charge >= 0.3 is 0 Å². The van der Waals surface area contributed by atoms with Crippen LogP contribution in [0.15, 0.2) is 0 Å². The molecule has 106 valence electrons. The van der Waals surface area contributed by atoms with E-state index in [1.165, 1.54) is 12.8 Å². The zero-order valence-electron chi connectivity index (χ0n) is 11.8. The number of rotatable bonds is 5. The highest BCUT2D eigenvalue weighted by Crippen LogP contribution is 2.13. The number of aryl methyl sites for hydroxylation is 1.